The summed E-state index contributed by atoms with van der Waals surface area (Å²) in [4.78, 5) is 0.455. The van der Waals surface area contributed by atoms with E-state index < -0.39 is 9.84 Å². The summed E-state index contributed by atoms with van der Waals surface area (Å²) in [6.45, 7) is 9.04. The molecule has 4 heteroatoms. The fraction of sp³-hybridized carbons (Fsp3) is 0.520. The van der Waals surface area contributed by atoms with Crippen LogP contribution in [0.3, 0.4) is 0 Å². The van der Waals surface area contributed by atoms with Crippen LogP contribution in [0, 0.1) is 11.3 Å². The van der Waals surface area contributed by atoms with Crippen molar-refractivity contribution in [3.05, 3.63) is 59.7 Å². The van der Waals surface area contributed by atoms with E-state index in [4.69, 9.17) is 4.74 Å². The smallest absolute Gasteiger partial charge is 0.179 e. The van der Waals surface area contributed by atoms with Gasteiger partial charge >= 0.3 is 0 Å². The molecule has 2 aromatic carbocycles. The third-order valence-electron chi connectivity index (χ3n) is 6.80. The zero-order valence-electron chi connectivity index (χ0n) is 18.1. The van der Waals surface area contributed by atoms with Crippen molar-refractivity contribution in [2.24, 2.45) is 11.3 Å². The molecule has 1 aliphatic rings. The molecule has 0 aromatic heterocycles. The Bertz CT molecular complexity index is 920. The molecule has 3 nitrogen and oxygen atoms in total. The molecule has 29 heavy (non-hydrogen) atoms. The minimum atomic E-state index is -3.42. The molecular formula is C25H34O3S. The lowest BCUT2D eigenvalue weighted by Gasteiger charge is -2.41. The molecule has 0 saturated carbocycles. The van der Waals surface area contributed by atoms with Crippen molar-refractivity contribution in [1.82, 2.24) is 0 Å². The lowest BCUT2D eigenvalue weighted by molar-refractivity contribution is 0.160. The van der Waals surface area contributed by atoms with Gasteiger partial charge in [-0.1, -0.05) is 70.0 Å². The number of ether oxygens (including phenoxy) is 1. The topological polar surface area (TPSA) is 43.4 Å². The maximum atomic E-state index is 13.7. The number of hydrogen-bond acceptors (Lipinski definition) is 3. The van der Waals surface area contributed by atoms with Gasteiger partial charge in [-0.25, -0.2) is 8.42 Å². The highest BCUT2D eigenvalue weighted by Crippen LogP contribution is 2.52. The van der Waals surface area contributed by atoms with Crippen LogP contribution in [-0.2, 0) is 9.84 Å². The van der Waals surface area contributed by atoms with Gasteiger partial charge in [0.25, 0.3) is 0 Å². The van der Waals surface area contributed by atoms with Gasteiger partial charge in [-0.3, -0.25) is 0 Å². The Morgan fingerprint density at radius 3 is 2.41 bits per heavy atom. The highest BCUT2D eigenvalue weighted by atomic mass is 32.2. The average Bonchev–Trinajstić information content (AvgIpc) is 2.79. The number of benzene rings is 2. The maximum Gasteiger partial charge on any atom is 0.179 e. The van der Waals surface area contributed by atoms with E-state index in [1.54, 1.807) is 6.07 Å². The molecule has 0 fully saturated rings. The minimum absolute atomic E-state index is 0.0518. The lowest BCUT2D eigenvalue weighted by Crippen LogP contribution is -2.37. The van der Waals surface area contributed by atoms with Crippen LogP contribution < -0.4 is 4.74 Å². The van der Waals surface area contributed by atoms with Crippen LogP contribution in [0.15, 0.2) is 53.4 Å². The highest BCUT2D eigenvalue weighted by Gasteiger charge is 2.47. The van der Waals surface area contributed by atoms with Gasteiger partial charge in [0.2, 0.25) is 0 Å². The normalized spacial score (nSPS) is 25.8. The molecule has 3 rings (SSSR count). The molecule has 0 spiro atoms. The van der Waals surface area contributed by atoms with Crippen molar-refractivity contribution in [2.75, 3.05) is 12.4 Å². The van der Waals surface area contributed by atoms with E-state index in [1.807, 2.05) is 25.1 Å². The van der Waals surface area contributed by atoms with E-state index in [9.17, 15) is 8.42 Å². The average molecular weight is 415 g/mol. The number of unbranched alkanes of at least 4 members (excludes halogenated alkanes) is 1. The molecule has 1 unspecified atom stereocenters. The van der Waals surface area contributed by atoms with Crippen molar-refractivity contribution >= 4 is 9.84 Å². The summed E-state index contributed by atoms with van der Waals surface area (Å²) in [6, 6.07) is 16.1. The third kappa shape index (κ3) is 4.23. The molecule has 158 valence electrons. The van der Waals surface area contributed by atoms with Gasteiger partial charge in [0, 0.05) is 5.92 Å². The Hall–Kier alpha value is -1.81. The van der Waals surface area contributed by atoms with E-state index in [1.165, 1.54) is 5.56 Å². The van der Waals surface area contributed by atoms with E-state index >= 15 is 0 Å². The van der Waals surface area contributed by atoms with E-state index in [-0.39, 0.29) is 23.0 Å². The zero-order valence-corrected chi connectivity index (χ0v) is 19.0. The summed E-state index contributed by atoms with van der Waals surface area (Å²) in [6.07, 6.45) is 3.93. The third-order valence-corrected chi connectivity index (χ3v) is 8.78. The summed E-state index contributed by atoms with van der Waals surface area (Å²) in [7, 11) is -3.42. The first kappa shape index (κ1) is 21.9. The standard InChI is InChI=1S/C25H34O3S/c1-5-8-16-25(6-2)18-29(26,27)23-17-21(28-7-3)14-15-22(23)24(19(25)4)20-12-10-9-11-13-20/h9-15,17,19,24H,5-8,16,18H2,1-4H3/t19?,24-,25+/m1/s1. The predicted molar refractivity (Wildman–Crippen MR) is 119 cm³/mol. The van der Waals surface area contributed by atoms with Crippen molar-refractivity contribution in [3.63, 3.8) is 0 Å². The number of fused-ring (bicyclic) bond motifs is 1. The summed E-state index contributed by atoms with van der Waals surface area (Å²) in [5.41, 5.74) is 1.87. The predicted octanol–water partition coefficient (Wildman–Crippen LogP) is 6.23. The van der Waals surface area contributed by atoms with Crippen molar-refractivity contribution in [1.29, 1.82) is 0 Å². The second-order valence-corrected chi connectivity index (χ2v) is 10.3. The van der Waals surface area contributed by atoms with Crippen LogP contribution in [0.5, 0.6) is 5.75 Å². The van der Waals surface area contributed by atoms with Crippen LogP contribution in [-0.4, -0.2) is 20.8 Å². The summed E-state index contributed by atoms with van der Waals surface area (Å²) in [5.74, 6) is 1.11. The first-order chi connectivity index (χ1) is 13.9. The van der Waals surface area contributed by atoms with Gasteiger partial charge in [-0.05, 0) is 54.4 Å². The lowest BCUT2D eigenvalue weighted by atomic mass is 9.64. The summed E-state index contributed by atoms with van der Waals surface area (Å²) in [5, 5.41) is 0. The minimum Gasteiger partial charge on any atom is -0.494 e. The van der Waals surface area contributed by atoms with Crippen LogP contribution in [0.1, 0.15) is 70.4 Å². The van der Waals surface area contributed by atoms with Gasteiger partial charge in [0.1, 0.15) is 5.75 Å². The van der Waals surface area contributed by atoms with Gasteiger partial charge in [0.15, 0.2) is 9.84 Å². The molecular weight excluding hydrogens is 380 g/mol. The van der Waals surface area contributed by atoms with Crippen LogP contribution in [0.25, 0.3) is 0 Å². The SMILES string of the molecule is CCCC[C@@]1(CC)CS(=O)(=O)c2cc(OCC)ccc2[C@@H](c2ccccc2)C1C. The molecule has 0 N–H and O–H groups in total. The Balaban J connectivity index is 2.26. The molecule has 2 aromatic rings. The molecule has 0 aliphatic carbocycles. The largest absolute Gasteiger partial charge is 0.494 e. The first-order valence-electron chi connectivity index (χ1n) is 10.9. The fourth-order valence-electron chi connectivity index (χ4n) is 5.07. The molecule has 0 radical (unpaired) electrons. The van der Waals surface area contributed by atoms with Crippen molar-refractivity contribution in [3.8, 4) is 5.75 Å². The van der Waals surface area contributed by atoms with Gasteiger partial charge in [-0.15, -0.1) is 0 Å². The fourth-order valence-corrected chi connectivity index (χ4v) is 7.44. The number of sulfone groups is 1. The van der Waals surface area contributed by atoms with Crippen LogP contribution in [0.2, 0.25) is 0 Å². The molecule has 3 atom stereocenters. The maximum absolute atomic E-state index is 13.7. The zero-order chi connectivity index (χ0) is 21.1. The number of rotatable bonds is 7. The highest BCUT2D eigenvalue weighted by molar-refractivity contribution is 7.91. The molecule has 1 heterocycles. The van der Waals surface area contributed by atoms with Crippen molar-refractivity contribution in [2.45, 2.75) is 64.2 Å². The van der Waals surface area contributed by atoms with E-state index in [0.29, 0.717) is 17.3 Å². The Morgan fingerprint density at radius 1 is 1.07 bits per heavy atom. The quantitative estimate of drug-likeness (QED) is 0.539. The van der Waals surface area contributed by atoms with E-state index in [2.05, 4.69) is 45.0 Å². The number of hydrogen-bond donors (Lipinski definition) is 0. The second-order valence-electron chi connectivity index (χ2n) is 8.39. The summed E-state index contributed by atoms with van der Waals surface area (Å²) < 4.78 is 33.0. The molecule has 0 saturated heterocycles. The van der Waals surface area contributed by atoms with Crippen LogP contribution >= 0.6 is 0 Å². The van der Waals surface area contributed by atoms with Crippen molar-refractivity contribution < 1.29 is 13.2 Å². The van der Waals surface area contributed by atoms with Gasteiger partial charge < -0.3 is 4.74 Å². The van der Waals surface area contributed by atoms with Gasteiger partial charge in [-0.2, -0.15) is 0 Å². The first-order valence-corrected chi connectivity index (χ1v) is 12.6. The van der Waals surface area contributed by atoms with Gasteiger partial charge in [0.05, 0.1) is 17.3 Å². The van der Waals surface area contributed by atoms with E-state index in [0.717, 1.165) is 31.2 Å². The Labute approximate surface area is 176 Å². The molecule has 1 aliphatic heterocycles. The van der Waals surface area contributed by atoms with Crippen LogP contribution in [0.4, 0.5) is 0 Å². The second kappa shape index (κ2) is 8.91. The summed E-state index contributed by atoms with van der Waals surface area (Å²) >= 11 is 0. The molecule has 0 amide bonds. The molecule has 0 bridgehead atoms. The Kier molecular flexibility index (Phi) is 6.72. The Morgan fingerprint density at radius 2 is 1.79 bits per heavy atom. The monoisotopic (exact) mass is 414 g/mol.